The Morgan fingerprint density at radius 2 is 2.04 bits per heavy atom. The lowest BCUT2D eigenvalue weighted by molar-refractivity contribution is 0.179. The van der Waals surface area contributed by atoms with Gasteiger partial charge >= 0.3 is 5.69 Å². The number of imidazole rings is 1. The standard InChI is InChI=1S/C16H25N5O2/c1-12-6-4-7-20(10-12)8-5-9-21-15(22)13-14(17-11-18(13)2)19(3)16(21)23/h11-12H,4-10H2,1-3H3/t12-/m0/s1. The van der Waals surface area contributed by atoms with Gasteiger partial charge in [0.1, 0.15) is 0 Å². The molecule has 0 N–H and O–H groups in total. The molecule has 0 spiro atoms. The van der Waals surface area contributed by atoms with Gasteiger partial charge in [-0.1, -0.05) is 6.92 Å². The topological polar surface area (TPSA) is 65.1 Å². The van der Waals surface area contributed by atoms with Crippen LogP contribution in [0, 0.1) is 5.92 Å². The van der Waals surface area contributed by atoms with Crippen molar-refractivity contribution >= 4 is 11.2 Å². The van der Waals surface area contributed by atoms with Gasteiger partial charge in [0.2, 0.25) is 0 Å². The number of nitrogens with zero attached hydrogens (tertiary/aromatic N) is 5. The second kappa shape index (κ2) is 6.31. The Balaban J connectivity index is 1.79. The lowest BCUT2D eigenvalue weighted by Gasteiger charge is -2.30. The number of piperidine rings is 1. The summed E-state index contributed by atoms with van der Waals surface area (Å²) in [7, 11) is 3.45. The summed E-state index contributed by atoms with van der Waals surface area (Å²) < 4.78 is 4.48. The fourth-order valence-corrected chi connectivity index (χ4v) is 3.54. The van der Waals surface area contributed by atoms with Gasteiger partial charge in [-0.2, -0.15) is 0 Å². The highest BCUT2D eigenvalue weighted by molar-refractivity contribution is 5.69. The zero-order chi connectivity index (χ0) is 16.6. The van der Waals surface area contributed by atoms with E-state index in [1.54, 1.807) is 25.0 Å². The van der Waals surface area contributed by atoms with Crippen molar-refractivity contribution in [2.24, 2.45) is 20.0 Å². The predicted octanol–water partition coefficient (Wildman–Crippen LogP) is 0.556. The van der Waals surface area contributed by atoms with Crippen LogP contribution in [0.25, 0.3) is 11.2 Å². The van der Waals surface area contributed by atoms with Gasteiger partial charge in [0.05, 0.1) is 6.33 Å². The number of likely N-dealkylation sites (tertiary alicyclic amines) is 1. The molecule has 0 radical (unpaired) electrons. The van der Waals surface area contributed by atoms with E-state index >= 15 is 0 Å². The summed E-state index contributed by atoms with van der Waals surface area (Å²) in [5.41, 5.74) is 0.408. The average molecular weight is 319 g/mol. The number of aromatic nitrogens is 4. The maximum absolute atomic E-state index is 12.6. The molecule has 0 unspecified atom stereocenters. The third-order valence-corrected chi connectivity index (χ3v) is 4.80. The molecule has 0 aromatic carbocycles. The van der Waals surface area contributed by atoms with Crippen LogP contribution < -0.4 is 11.2 Å². The lowest BCUT2D eigenvalue weighted by Crippen LogP contribution is -2.41. The summed E-state index contributed by atoms with van der Waals surface area (Å²) >= 11 is 0. The third-order valence-electron chi connectivity index (χ3n) is 4.80. The van der Waals surface area contributed by atoms with Gasteiger partial charge in [0, 0.05) is 27.2 Å². The quantitative estimate of drug-likeness (QED) is 0.826. The van der Waals surface area contributed by atoms with Gasteiger partial charge in [0.15, 0.2) is 11.2 Å². The Labute approximate surface area is 135 Å². The van der Waals surface area contributed by atoms with Crippen LogP contribution in [0.3, 0.4) is 0 Å². The molecule has 2 aromatic rings. The molecule has 0 bridgehead atoms. The van der Waals surface area contributed by atoms with Crippen molar-refractivity contribution in [3.63, 3.8) is 0 Å². The molecule has 0 saturated carbocycles. The maximum Gasteiger partial charge on any atom is 0.332 e. The molecule has 1 aliphatic heterocycles. The van der Waals surface area contributed by atoms with Crippen LogP contribution >= 0.6 is 0 Å². The predicted molar refractivity (Wildman–Crippen MR) is 89.7 cm³/mol. The van der Waals surface area contributed by atoms with E-state index in [-0.39, 0.29) is 11.2 Å². The molecular weight excluding hydrogens is 294 g/mol. The molecule has 1 atom stereocenters. The van der Waals surface area contributed by atoms with Gasteiger partial charge in [-0.15, -0.1) is 0 Å². The van der Waals surface area contributed by atoms with Crippen LogP contribution in [0.1, 0.15) is 26.2 Å². The molecule has 126 valence electrons. The number of rotatable bonds is 4. The van der Waals surface area contributed by atoms with Crippen LogP contribution in [0.15, 0.2) is 15.9 Å². The summed E-state index contributed by atoms with van der Waals surface area (Å²) in [6, 6.07) is 0. The Morgan fingerprint density at radius 3 is 2.78 bits per heavy atom. The maximum atomic E-state index is 12.6. The smallest absolute Gasteiger partial charge is 0.328 e. The first-order chi connectivity index (χ1) is 11.0. The Hall–Kier alpha value is -1.89. The molecule has 0 amide bonds. The van der Waals surface area contributed by atoms with Gasteiger partial charge in [-0.25, -0.2) is 9.78 Å². The van der Waals surface area contributed by atoms with Crippen molar-refractivity contribution in [3.8, 4) is 0 Å². The van der Waals surface area contributed by atoms with Crippen LogP contribution in [0.4, 0.5) is 0 Å². The highest BCUT2D eigenvalue weighted by Gasteiger charge is 2.17. The minimum Gasteiger partial charge on any atom is -0.328 e. The minimum atomic E-state index is -0.284. The van der Waals surface area contributed by atoms with Crippen molar-refractivity contribution in [2.45, 2.75) is 32.7 Å². The fourth-order valence-electron chi connectivity index (χ4n) is 3.54. The second-order valence-electron chi connectivity index (χ2n) is 6.73. The molecular formula is C16H25N5O2. The molecule has 2 aromatic heterocycles. The van der Waals surface area contributed by atoms with E-state index in [9.17, 15) is 9.59 Å². The average Bonchev–Trinajstić information content (AvgIpc) is 2.91. The van der Waals surface area contributed by atoms with Crippen molar-refractivity contribution < 1.29 is 0 Å². The van der Waals surface area contributed by atoms with Crippen molar-refractivity contribution in [1.82, 2.24) is 23.6 Å². The molecule has 7 heteroatoms. The van der Waals surface area contributed by atoms with Crippen LogP contribution in [-0.4, -0.2) is 43.2 Å². The monoisotopic (exact) mass is 319 g/mol. The van der Waals surface area contributed by atoms with E-state index in [0.29, 0.717) is 17.7 Å². The summed E-state index contributed by atoms with van der Waals surface area (Å²) in [6.45, 7) is 5.91. The molecule has 23 heavy (non-hydrogen) atoms. The molecule has 3 heterocycles. The summed E-state index contributed by atoms with van der Waals surface area (Å²) in [5, 5.41) is 0. The van der Waals surface area contributed by atoms with E-state index in [4.69, 9.17) is 0 Å². The summed E-state index contributed by atoms with van der Waals surface area (Å²) in [5.74, 6) is 0.741. The Bertz CT molecular complexity index is 816. The Kier molecular flexibility index (Phi) is 4.39. The van der Waals surface area contributed by atoms with Gasteiger partial charge in [-0.05, 0) is 38.3 Å². The largest absolute Gasteiger partial charge is 0.332 e. The van der Waals surface area contributed by atoms with Crippen molar-refractivity contribution in [2.75, 3.05) is 19.6 Å². The van der Waals surface area contributed by atoms with Gasteiger partial charge < -0.3 is 9.47 Å². The van der Waals surface area contributed by atoms with Gasteiger partial charge in [-0.3, -0.25) is 13.9 Å². The van der Waals surface area contributed by atoms with E-state index in [1.807, 2.05) is 0 Å². The van der Waals surface area contributed by atoms with Crippen molar-refractivity contribution in [3.05, 3.63) is 27.2 Å². The van der Waals surface area contributed by atoms with E-state index in [0.717, 1.165) is 32.0 Å². The van der Waals surface area contributed by atoms with Crippen LogP contribution in [0.5, 0.6) is 0 Å². The minimum absolute atomic E-state index is 0.241. The van der Waals surface area contributed by atoms with Crippen LogP contribution in [0.2, 0.25) is 0 Å². The number of hydrogen-bond acceptors (Lipinski definition) is 4. The van der Waals surface area contributed by atoms with Gasteiger partial charge in [0.25, 0.3) is 5.56 Å². The number of fused-ring (bicyclic) bond motifs is 1. The zero-order valence-electron chi connectivity index (χ0n) is 14.2. The molecule has 7 nitrogen and oxygen atoms in total. The second-order valence-corrected chi connectivity index (χ2v) is 6.73. The highest BCUT2D eigenvalue weighted by Crippen LogP contribution is 2.15. The first-order valence-electron chi connectivity index (χ1n) is 8.32. The molecule has 1 aliphatic rings. The fraction of sp³-hybridized carbons (Fsp3) is 0.688. The summed E-state index contributed by atoms with van der Waals surface area (Å²) in [4.78, 5) is 31.6. The Morgan fingerprint density at radius 1 is 1.26 bits per heavy atom. The SMILES string of the molecule is C[C@H]1CCCN(CCCn2c(=O)c3c(ncn3C)n(C)c2=O)C1. The third kappa shape index (κ3) is 2.97. The van der Waals surface area contributed by atoms with E-state index in [2.05, 4.69) is 16.8 Å². The molecule has 0 aliphatic carbocycles. The first-order valence-corrected chi connectivity index (χ1v) is 8.32. The molecule has 3 rings (SSSR count). The number of aryl methyl sites for hydroxylation is 2. The molecule has 1 fully saturated rings. The normalized spacial score (nSPS) is 19.5. The summed E-state index contributed by atoms with van der Waals surface area (Å²) in [6.07, 6.45) is 4.92. The highest BCUT2D eigenvalue weighted by atomic mass is 16.2. The van der Waals surface area contributed by atoms with Crippen LogP contribution in [-0.2, 0) is 20.6 Å². The zero-order valence-corrected chi connectivity index (χ0v) is 14.2. The van der Waals surface area contributed by atoms with E-state index in [1.165, 1.54) is 22.0 Å². The lowest BCUT2D eigenvalue weighted by atomic mass is 10.0. The van der Waals surface area contributed by atoms with Crippen molar-refractivity contribution in [1.29, 1.82) is 0 Å². The molecule has 1 saturated heterocycles. The van der Waals surface area contributed by atoms with E-state index < -0.39 is 0 Å². The number of hydrogen-bond donors (Lipinski definition) is 0. The first kappa shape index (κ1) is 16.0.